The number of hydrogen-bond acceptors (Lipinski definition) is 8. The third kappa shape index (κ3) is 5.23. The molecule has 0 aromatic heterocycles. The van der Waals surface area contributed by atoms with Gasteiger partial charge in [-0.2, -0.15) is 0 Å². The van der Waals surface area contributed by atoms with Gasteiger partial charge in [0.15, 0.2) is 26.1 Å². The van der Waals surface area contributed by atoms with E-state index in [9.17, 15) is 13.2 Å². The van der Waals surface area contributed by atoms with Crippen molar-refractivity contribution < 1.29 is 37.4 Å². The van der Waals surface area contributed by atoms with Gasteiger partial charge in [0.1, 0.15) is 5.75 Å². The Balaban J connectivity index is 1.61. The van der Waals surface area contributed by atoms with Crippen LogP contribution >= 0.6 is 0 Å². The number of sulfone groups is 1. The Labute approximate surface area is 193 Å². The standard InChI is InChI=1S/C23H29NO8S/c1-29-20-10-5-17(16-21(20)30-2)4-3-13-32-18-6-8-19(9-7-18)33(27,28)23(22(25)24-26)11-14-31-15-12-23/h5-10,16,26H,3-4,11-15H2,1-2H3,(H,24,25). The highest BCUT2D eigenvalue weighted by Gasteiger charge is 2.52. The molecule has 10 heteroatoms. The molecule has 1 heterocycles. The Morgan fingerprint density at radius 3 is 2.33 bits per heavy atom. The summed E-state index contributed by atoms with van der Waals surface area (Å²) in [4.78, 5) is 12.3. The van der Waals surface area contributed by atoms with Gasteiger partial charge < -0.3 is 18.9 Å². The lowest BCUT2D eigenvalue weighted by Crippen LogP contribution is -2.54. The lowest BCUT2D eigenvalue weighted by atomic mass is 9.98. The molecule has 180 valence electrons. The quantitative estimate of drug-likeness (QED) is 0.303. The number of rotatable bonds is 10. The maximum atomic E-state index is 13.2. The number of ether oxygens (including phenoxy) is 4. The summed E-state index contributed by atoms with van der Waals surface area (Å²) in [6.45, 7) is 0.677. The fraction of sp³-hybridized carbons (Fsp3) is 0.435. The van der Waals surface area contributed by atoms with Crippen molar-refractivity contribution >= 4 is 15.7 Å². The van der Waals surface area contributed by atoms with Crippen molar-refractivity contribution in [3.8, 4) is 17.2 Å². The summed E-state index contributed by atoms with van der Waals surface area (Å²) in [5.41, 5.74) is 2.60. The van der Waals surface area contributed by atoms with Crippen LogP contribution in [0.15, 0.2) is 47.4 Å². The van der Waals surface area contributed by atoms with Crippen molar-refractivity contribution in [3.05, 3.63) is 48.0 Å². The predicted octanol–water partition coefficient (Wildman–Crippen LogP) is 2.54. The second kappa shape index (κ2) is 10.9. The van der Waals surface area contributed by atoms with Gasteiger partial charge in [0.25, 0.3) is 5.91 Å². The summed E-state index contributed by atoms with van der Waals surface area (Å²) >= 11 is 0. The zero-order chi connectivity index (χ0) is 23.9. The zero-order valence-electron chi connectivity index (χ0n) is 18.7. The number of hydroxylamine groups is 1. The topological polar surface area (TPSA) is 120 Å². The number of aryl methyl sites for hydroxylation is 1. The molecule has 2 aromatic rings. The molecule has 0 atom stereocenters. The molecule has 0 spiro atoms. The van der Waals surface area contributed by atoms with Crippen molar-refractivity contribution in [3.63, 3.8) is 0 Å². The minimum absolute atomic E-state index is 0.00863. The summed E-state index contributed by atoms with van der Waals surface area (Å²) in [5.74, 6) is 0.923. The molecule has 33 heavy (non-hydrogen) atoms. The number of benzene rings is 2. The van der Waals surface area contributed by atoms with E-state index in [0.717, 1.165) is 18.4 Å². The van der Waals surface area contributed by atoms with Gasteiger partial charge in [0.2, 0.25) is 0 Å². The van der Waals surface area contributed by atoms with E-state index in [4.69, 9.17) is 24.2 Å². The molecule has 3 rings (SSSR count). The number of amides is 1. The fourth-order valence-corrected chi connectivity index (χ4v) is 5.80. The van der Waals surface area contributed by atoms with Crippen LogP contribution in [0.2, 0.25) is 0 Å². The largest absolute Gasteiger partial charge is 0.494 e. The van der Waals surface area contributed by atoms with E-state index in [-0.39, 0.29) is 31.0 Å². The Morgan fingerprint density at radius 1 is 1.06 bits per heavy atom. The Morgan fingerprint density at radius 2 is 1.73 bits per heavy atom. The SMILES string of the molecule is COc1ccc(CCCOc2ccc(S(=O)(=O)C3(C(=O)NO)CCOCC3)cc2)cc1OC. The van der Waals surface area contributed by atoms with E-state index in [2.05, 4.69) is 0 Å². The number of hydrogen-bond donors (Lipinski definition) is 2. The van der Waals surface area contributed by atoms with E-state index < -0.39 is 20.5 Å². The van der Waals surface area contributed by atoms with Crippen LogP contribution in [0.3, 0.4) is 0 Å². The van der Waals surface area contributed by atoms with Gasteiger partial charge in [-0.15, -0.1) is 0 Å². The highest BCUT2D eigenvalue weighted by molar-refractivity contribution is 7.93. The second-order valence-electron chi connectivity index (χ2n) is 7.66. The molecule has 0 bridgehead atoms. The van der Waals surface area contributed by atoms with Gasteiger partial charge in [-0.1, -0.05) is 6.07 Å². The van der Waals surface area contributed by atoms with Crippen molar-refractivity contribution in [1.82, 2.24) is 5.48 Å². The first-order chi connectivity index (χ1) is 15.9. The minimum atomic E-state index is -4.06. The van der Waals surface area contributed by atoms with Crippen molar-refractivity contribution in [2.24, 2.45) is 0 Å². The van der Waals surface area contributed by atoms with Gasteiger partial charge in [-0.05, 0) is 67.6 Å². The first kappa shape index (κ1) is 24.8. The molecule has 1 amide bonds. The van der Waals surface area contributed by atoms with Crippen molar-refractivity contribution in [2.45, 2.75) is 35.3 Å². The maximum absolute atomic E-state index is 13.2. The first-order valence-corrected chi connectivity index (χ1v) is 12.1. The molecule has 0 unspecified atom stereocenters. The molecule has 2 aromatic carbocycles. The molecular weight excluding hydrogens is 450 g/mol. The monoisotopic (exact) mass is 479 g/mol. The molecule has 1 saturated heterocycles. The number of methoxy groups -OCH3 is 2. The number of carbonyl (C=O) groups excluding carboxylic acids is 1. The van der Waals surface area contributed by atoms with Crippen LogP contribution in [0.4, 0.5) is 0 Å². The summed E-state index contributed by atoms with van der Waals surface area (Å²) in [5, 5.41) is 9.13. The lowest BCUT2D eigenvalue weighted by molar-refractivity contribution is -0.134. The van der Waals surface area contributed by atoms with Crippen LogP contribution in [0.5, 0.6) is 17.2 Å². The second-order valence-corrected chi connectivity index (χ2v) is 9.92. The molecular formula is C23H29NO8S. The molecule has 1 aliphatic rings. The van der Waals surface area contributed by atoms with E-state index >= 15 is 0 Å². The van der Waals surface area contributed by atoms with Crippen LogP contribution in [-0.2, 0) is 25.8 Å². The first-order valence-electron chi connectivity index (χ1n) is 10.6. The fourth-order valence-electron chi connectivity index (χ4n) is 3.86. The molecule has 9 nitrogen and oxygen atoms in total. The molecule has 0 radical (unpaired) electrons. The maximum Gasteiger partial charge on any atom is 0.265 e. The van der Waals surface area contributed by atoms with Gasteiger partial charge >= 0.3 is 0 Å². The number of nitrogens with one attached hydrogen (secondary N) is 1. The highest BCUT2D eigenvalue weighted by Crippen LogP contribution is 2.36. The van der Waals surface area contributed by atoms with E-state index in [1.54, 1.807) is 26.4 Å². The van der Waals surface area contributed by atoms with E-state index in [1.165, 1.54) is 17.6 Å². The van der Waals surface area contributed by atoms with Crippen LogP contribution in [0, 0.1) is 0 Å². The van der Waals surface area contributed by atoms with Gasteiger partial charge in [0, 0.05) is 13.2 Å². The Hall–Kier alpha value is -2.82. The minimum Gasteiger partial charge on any atom is -0.494 e. The summed E-state index contributed by atoms with van der Waals surface area (Å²) in [6, 6.07) is 11.7. The molecule has 0 aliphatic carbocycles. The summed E-state index contributed by atoms with van der Waals surface area (Å²) < 4.78 is 46.3. The molecule has 1 aliphatic heterocycles. The Bertz CT molecular complexity index is 1050. The molecule has 2 N–H and O–H groups in total. The van der Waals surface area contributed by atoms with Crippen LogP contribution in [-0.4, -0.2) is 58.3 Å². The van der Waals surface area contributed by atoms with Gasteiger partial charge in [0.05, 0.1) is 25.7 Å². The lowest BCUT2D eigenvalue weighted by Gasteiger charge is -2.34. The summed E-state index contributed by atoms with van der Waals surface area (Å²) in [6.07, 6.45) is 1.45. The van der Waals surface area contributed by atoms with Crippen molar-refractivity contribution in [1.29, 1.82) is 0 Å². The van der Waals surface area contributed by atoms with Gasteiger partial charge in [-0.25, -0.2) is 13.9 Å². The van der Waals surface area contributed by atoms with Crippen LogP contribution in [0.1, 0.15) is 24.8 Å². The predicted molar refractivity (Wildman–Crippen MR) is 120 cm³/mol. The van der Waals surface area contributed by atoms with Gasteiger partial charge in [-0.3, -0.25) is 10.0 Å². The van der Waals surface area contributed by atoms with Crippen LogP contribution < -0.4 is 19.7 Å². The zero-order valence-corrected chi connectivity index (χ0v) is 19.5. The Kier molecular flexibility index (Phi) is 8.17. The van der Waals surface area contributed by atoms with Crippen molar-refractivity contribution in [2.75, 3.05) is 34.0 Å². The average molecular weight is 480 g/mol. The third-order valence-electron chi connectivity index (χ3n) is 5.79. The highest BCUT2D eigenvalue weighted by atomic mass is 32.2. The molecule has 0 saturated carbocycles. The smallest absolute Gasteiger partial charge is 0.265 e. The molecule has 1 fully saturated rings. The van der Waals surface area contributed by atoms with E-state index in [0.29, 0.717) is 23.9 Å². The van der Waals surface area contributed by atoms with E-state index in [1.807, 2.05) is 18.2 Å². The summed E-state index contributed by atoms with van der Waals surface area (Å²) in [7, 11) is -0.873. The third-order valence-corrected chi connectivity index (χ3v) is 8.31. The average Bonchev–Trinajstić information content (AvgIpc) is 2.86. The normalized spacial score (nSPS) is 15.5. The number of carbonyl (C=O) groups is 1. The van der Waals surface area contributed by atoms with Crippen LogP contribution in [0.25, 0.3) is 0 Å².